The molecule has 0 radical (unpaired) electrons. The van der Waals surface area contributed by atoms with Crippen LogP contribution in [0.5, 0.6) is 5.75 Å². The van der Waals surface area contributed by atoms with Gasteiger partial charge in [0.15, 0.2) is 5.82 Å². The van der Waals surface area contributed by atoms with Crippen LogP contribution in [-0.4, -0.2) is 15.9 Å². The molecule has 3 rings (SSSR count). The minimum Gasteiger partial charge on any atom is -0.423 e. The Bertz CT molecular complexity index is 1180. The molecule has 6 heteroatoms. The van der Waals surface area contributed by atoms with E-state index >= 15 is 0 Å². The fourth-order valence-corrected chi connectivity index (χ4v) is 3.38. The Kier molecular flexibility index (Phi) is 9.08. The highest BCUT2D eigenvalue weighted by atomic mass is 16.5. The topological polar surface area (TPSA) is 99.7 Å². The van der Waals surface area contributed by atoms with Gasteiger partial charge in [-0.3, -0.25) is 0 Å². The lowest BCUT2D eigenvalue weighted by atomic mass is 10.1. The molecule has 0 saturated carbocycles. The third-order valence-electron chi connectivity index (χ3n) is 5.30. The van der Waals surface area contributed by atoms with Gasteiger partial charge in [-0.2, -0.15) is 10.5 Å². The molecule has 0 bridgehead atoms. The van der Waals surface area contributed by atoms with Gasteiger partial charge < -0.3 is 4.74 Å². The quantitative estimate of drug-likeness (QED) is 0.155. The number of allylic oxidation sites excluding steroid dienone is 1. The van der Waals surface area contributed by atoms with Gasteiger partial charge in [0.1, 0.15) is 23.5 Å². The van der Waals surface area contributed by atoms with Gasteiger partial charge in [0.2, 0.25) is 0 Å². The van der Waals surface area contributed by atoms with Crippen LogP contribution < -0.4 is 4.74 Å². The van der Waals surface area contributed by atoms with E-state index in [9.17, 15) is 4.79 Å². The summed E-state index contributed by atoms with van der Waals surface area (Å²) in [6, 6.07) is 17.2. The van der Waals surface area contributed by atoms with Crippen molar-refractivity contribution in [3.63, 3.8) is 0 Å². The van der Waals surface area contributed by atoms with Crippen LogP contribution in [0.2, 0.25) is 0 Å². The zero-order valence-electron chi connectivity index (χ0n) is 19.2. The molecule has 0 aliphatic carbocycles. The molecule has 1 heterocycles. The Balaban J connectivity index is 1.57. The van der Waals surface area contributed by atoms with Crippen molar-refractivity contribution < 1.29 is 9.53 Å². The summed E-state index contributed by atoms with van der Waals surface area (Å²) in [6.07, 6.45) is 12.4. The zero-order valence-corrected chi connectivity index (χ0v) is 19.2. The largest absolute Gasteiger partial charge is 0.423 e. The van der Waals surface area contributed by atoms with Crippen LogP contribution in [0, 0.1) is 22.7 Å². The molecule has 0 aliphatic heterocycles. The highest BCUT2D eigenvalue weighted by molar-refractivity contribution is 5.91. The molecular formula is C28H26N4O2. The van der Waals surface area contributed by atoms with Crippen molar-refractivity contribution in [3.05, 3.63) is 83.2 Å². The average molecular weight is 451 g/mol. The number of aromatic nitrogens is 2. The summed E-state index contributed by atoms with van der Waals surface area (Å²) < 4.78 is 5.42. The van der Waals surface area contributed by atoms with E-state index < -0.39 is 5.97 Å². The van der Waals surface area contributed by atoms with E-state index in [-0.39, 0.29) is 5.57 Å². The molecule has 6 nitrogen and oxygen atoms in total. The van der Waals surface area contributed by atoms with Crippen molar-refractivity contribution in [1.29, 1.82) is 10.5 Å². The van der Waals surface area contributed by atoms with Crippen LogP contribution in [0.1, 0.15) is 60.5 Å². The van der Waals surface area contributed by atoms with Gasteiger partial charge in [0, 0.05) is 18.0 Å². The van der Waals surface area contributed by atoms with Gasteiger partial charge in [-0.25, -0.2) is 14.8 Å². The van der Waals surface area contributed by atoms with E-state index in [0.29, 0.717) is 22.7 Å². The van der Waals surface area contributed by atoms with E-state index in [2.05, 4.69) is 16.9 Å². The SMILES string of the molecule is CCCCCCCc1cnc(-c2ccc(C(=O)Oc3ccc(C=C(C#N)C#N)cc3)cc2)nc1. The summed E-state index contributed by atoms with van der Waals surface area (Å²) in [6.45, 7) is 2.21. The normalized spacial score (nSPS) is 10.1. The summed E-state index contributed by atoms with van der Waals surface area (Å²) in [4.78, 5) is 21.4. The maximum Gasteiger partial charge on any atom is 0.343 e. The smallest absolute Gasteiger partial charge is 0.343 e. The van der Waals surface area contributed by atoms with Crippen LogP contribution in [-0.2, 0) is 6.42 Å². The first kappa shape index (κ1) is 24.4. The Morgan fingerprint density at radius 3 is 2.18 bits per heavy atom. The highest BCUT2D eigenvalue weighted by Gasteiger charge is 2.10. The first-order chi connectivity index (χ1) is 16.6. The number of carbonyl (C=O) groups is 1. The molecule has 3 aromatic rings. The summed E-state index contributed by atoms with van der Waals surface area (Å²) in [7, 11) is 0. The minimum atomic E-state index is -0.482. The molecule has 0 unspecified atom stereocenters. The van der Waals surface area contributed by atoms with Crippen molar-refractivity contribution in [3.8, 4) is 29.3 Å². The highest BCUT2D eigenvalue weighted by Crippen LogP contribution is 2.19. The molecular weight excluding hydrogens is 424 g/mol. The number of hydrogen-bond donors (Lipinski definition) is 0. The second kappa shape index (κ2) is 12.7. The number of hydrogen-bond acceptors (Lipinski definition) is 6. The maximum absolute atomic E-state index is 12.5. The number of rotatable bonds is 10. The van der Waals surface area contributed by atoms with E-state index in [1.165, 1.54) is 31.8 Å². The Hall–Kier alpha value is -4.29. The molecule has 170 valence electrons. The fourth-order valence-electron chi connectivity index (χ4n) is 3.38. The van der Waals surface area contributed by atoms with E-state index in [4.69, 9.17) is 15.3 Å². The molecule has 0 N–H and O–H groups in total. The predicted molar refractivity (Wildman–Crippen MR) is 131 cm³/mol. The maximum atomic E-state index is 12.5. The number of ether oxygens (including phenoxy) is 1. The molecule has 2 aromatic carbocycles. The second-order valence-corrected chi connectivity index (χ2v) is 7.90. The third kappa shape index (κ3) is 7.12. The summed E-state index contributed by atoms with van der Waals surface area (Å²) in [5.41, 5.74) is 3.05. The number of nitrogens with zero attached hydrogens (tertiary/aromatic N) is 4. The Morgan fingerprint density at radius 2 is 1.56 bits per heavy atom. The lowest BCUT2D eigenvalue weighted by molar-refractivity contribution is 0.0735. The van der Waals surface area contributed by atoms with Crippen molar-refractivity contribution in [1.82, 2.24) is 9.97 Å². The van der Waals surface area contributed by atoms with Crippen LogP contribution in [0.25, 0.3) is 17.5 Å². The average Bonchev–Trinajstić information content (AvgIpc) is 2.88. The van der Waals surface area contributed by atoms with Crippen molar-refractivity contribution in [2.75, 3.05) is 0 Å². The molecule has 1 aromatic heterocycles. The Labute approximate surface area is 200 Å². The van der Waals surface area contributed by atoms with Crippen molar-refractivity contribution in [2.45, 2.75) is 45.4 Å². The van der Waals surface area contributed by atoms with Gasteiger partial charge >= 0.3 is 5.97 Å². The van der Waals surface area contributed by atoms with E-state index in [1.54, 1.807) is 48.5 Å². The Morgan fingerprint density at radius 1 is 0.912 bits per heavy atom. The molecule has 0 amide bonds. The minimum absolute atomic E-state index is 0.00543. The fraction of sp³-hybridized carbons (Fsp3) is 0.250. The van der Waals surface area contributed by atoms with E-state index in [1.807, 2.05) is 24.5 Å². The molecule has 34 heavy (non-hydrogen) atoms. The van der Waals surface area contributed by atoms with Crippen LogP contribution in [0.3, 0.4) is 0 Å². The van der Waals surface area contributed by atoms with Gasteiger partial charge in [-0.05, 0) is 54.3 Å². The molecule has 0 aliphatic rings. The molecule has 0 fully saturated rings. The van der Waals surface area contributed by atoms with E-state index in [0.717, 1.165) is 24.0 Å². The second-order valence-electron chi connectivity index (χ2n) is 7.90. The lowest BCUT2D eigenvalue weighted by Gasteiger charge is -2.06. The summed E-state index contributed by atoms with van der Waals surface area (Å²) in [5, 5.41) is 17.7. The standard InChI is InChI=1S/C28H26N4O2/c1-2-3-4-5-6-7-22-19-31-27(32-20-22)24-10-12-25(13-11-24)28(33)34-26-14-8-21(9-15-26)16-23(17-29)18-30/h8-16,19-20H,2-7H2,1H3. The third-order valence-corrected chi connectivity index (χ3v) is 5.30. The lowest BCUT2D eigenvalue weighted by Crippen LogP contribution is -2.08. The number of carbonyl (C=O) groups excluding carboxylic acids is 1. The number of unbranched alkanes of at least 4 members (excludes halogenated alkanes) is 4. The first-order valence-corrected chi connectivity index (χ1v) is 11.4. The van der Waals surface area contributed by atoms with Gasteiger partial charge in [0.05, 0.1) is 5.56 Å². The van der Waals surface area contributed by atoms with Gasteiger partial charge in [-0.1, -0.05) is 56.9 Å². The molecule has 0 saturated heterocycles. The van der Waals surface area contributed by atoms with Gasteiger partial charge in [-0.15, -0.1) is 0 Å². The van der Waals surface area contributed by atoms with Crippen LogP contribution in [0.15, 0.2) is 66.5 Å². The molecule has 0 atom stereocenters. The van der Waals surface area contributed by atoms with Crippen LogP contribution >= 0.6 is 0 Å². The number of nitriles is 2. The zero-order chi connectivity index (χ0) is 24.2. The van der Waals surface area contributed by atoms with Gasteiger partial charge in [0.25, 0.3) is 0 Å². The number of esters is 1. The predicted octanol–water partition coefficient (Wildman–Crippen LogP) is 6.31. The first-order valence-electron chi connectivity index (χ1n) is 11.4. The summed E-state index contributed by atoms with van der Waals surface area (Å²) in [5.74, 6) is 0.506. The van der Waals surface area contributed by atoms with Crippen molar-refractivity contribution >= 4 is 12.0 Å². The monoisotopic (exact) mass is 450 g/mol. The number of aryl methyl sites for hydroxylation is 1. The van der Waals surface area contributed by atoms with Crippen molar-refractivity contribution in [2.24, 2.45) is 0 Å². The molecule has 0 spiro atoms. The number of benzene rings is 2. The van der Waals surface area contributed by atoms with Crippen LogP contribution in [0.4, 0.5) is 0 Å². The summed E-state index contributed by atoms with van der Waals surface area (Å²) >= 11 is 0.